The predicted octanol–water partition coefficient (Wildman–Crippen LogP) is 10.4. The molecule has 0 heterocycles. The molecule has 0 aliphatic carbocycles. The van der Waals surface area contributed by atoms with Crippen LogP contribution in [-0.2, 0) is 28.6 Å². The lowest BCUT2D eigenvalue weighted by atomic mass is 10.0. The molecule has 448 valence electrons. The van der Waals surface area contributed by atoms with Gasteiger partial charge in [-0.3, -0.25) is 4.79 Å². The molecule has 0 aromatic heterocycles. The summed E-state index contributed by atoms with van der Waals surface area (Å²) in [5.74, 6) is 1.79. The summed E-state index contributed by atoms with van der Waals surface area (Å²) in [6.45, 7) is 4.41. The Hall–Kier alpha value is -10.3. The normalized spacial score (nSPS) is 10.5. The molecule has 0 bridgehead atoms. The zero-order chi connectivity index (χ0) is 62.3. The highest BCUT2D eigenvalue weighted by molar-refractivity contribution is 5.91. The number of rotatable bonds is 27. The highest BCUT2D eigenvalue weighted by atomic mass is 16.6. The number of benzene rings is 7. The lowest BCUT2D eigenvalue weighted by Gasteiger charge is -2.11. The minimum atomic E-state index is -1.02. The second-order valence-corrected chi connectivity index (χ2v) is 17.6. The highest BCUT2D eigenvalue weighted by Crippen LogP contribution is 2.31. The number of carboxylic acid groups (broad SMARTS) is 1. The Kier molecular flexibility index (Phi) is 31.2. The predicted molar refractivity (Wildman–Crippen MR) is 324 cm³/mol. The first-order valence-electron chi connectivity index (χ1n) is 26.6. The number of methoxy groups -OCH3 is 3. The van der Waals surface area contributed by atoms with Gasteiger partial charge in [-0.2, -0.15) is 10.5 Å². The monoisotopic (exact) mass is 1170 g/mol. The Morgan fingerprint density at radius 1 is 0.453 bits per heavy atom. The van der Waals surface area contributed by atoms with Crippen molar-refractivity contribution in [1.82, 2.24) is 0 Å². The van der Waals surface area contributed by atoms with E-state index >= 15 is 0 Å². The van der Waals surface area contributed by atoms with Crippen molar-refractivity contribution in [3.8, 4) is 80.4 Å². The van der Waals surface area contributed by atoms with Crippen molar-refractivity contribution in [2.75, 3.05) is 87.4 Å². The molecule has 0 spiro atoms. The summed E-state index contributed by atoms with van der Waals surface area (Å²) in [5, 5.41) is 61.6. The number of nitrogens with zero attached hydrogens (tertiary/aromatic N) is 2. The summed E-state index contributed by atoms with van der Waals surface area (Å²) >= 11 is 0. The van der Waals surface area contributed by atoms with Gasteiger partial charge in [0.1, 0.15) is 24.7 Å². The van der Waals surface area contributed by atoms with Crippen LogP contribution in [-0.4, -0.2) is 131 Å². The molecule has 86 heavy (non-hydrogen) atoms. The van der Waals surface area contributed by atoms with Crippen molar-refractivity contribution >= 4 is 35.9 Å². The molecule has 0 radical (unpaired) electrons. The van der Waals surface area contributed by atoms with Gasteiger partial charge in [-0.25, -0.2) is 9.59 Å². The van der Waals surface area contributed by atoms with Crippen molar-refractivity contribution in [2.45, 2.75) is 6.92 Å². The van der Waals surface area contributed by atoms with Gasteiger partial charge in [-0.1, -0.05) is 72.8 Å². The van der Waals surface area contributed by atoms with Gasteiger partial charge >= 0.3 is 11.9 Å². The summed E-state index contributed by atoms with van der Waals surface area (Å²) in [6, 6.07) is 48.2. The Balaban J connectivity index is 0.000000270. The van der Waals surface area contributed by atoms with Crippen LogP contribution >= 0.6 is 0 Å². The van der Waals surface area contributed by atoms with Crippen LogP contribution in [0.2, 0.25) is 0 Å². The minimum Gasteiger partial charge on any atom is -0.508 e. The topological polar surface area (TPSA) is 283 Å². The molecule has 7 aromatic rings. The van der Waals surface area contributed by atoms with Gasteiger partial charge in [-0.05, 0) is 149 Å². The SMILES string of the molecule is COc1cc(/C=C/C(=O)O)ccc1O.COc1cc(/C=C/C(=O)Oc2ccc(-c3ccc(C#N)cc3)cc2)ccc1OCCOCCOCCO.COc1cc(/C=C/C(C)=O)ccc1OCCOCCO.N#Cc1ccc(-c2ccc(O)cc2)cc1. The molecule has 19 heteroatoms. The Morgan fingerprint density at radius 3 is 1.26 bits per heavy atom. The molecule has 0 saturated carbocycles. The number of carbonyl (C=O) groups excluding carboxylic acids is 2. The standard InChI is InChI=1S/C29H29NO7.C15H20O5.C13H9NO.C10H10O4/c1-33-28-20-22(4-12-27(28)36-19-18-35-17-16-34-15-14-31)5-13-29(32)37-26-10-8-25(9-11-26)24-6-2-23(21-30)3-7-24;1-12(17)3-4-13-5-6-14(15(11-13)18-2)20-10-9-19-8-7-16;14-9-10-1-3-11(4-2-10)12-5-7-13(15)8-6-12;1-14-9-6-7(2-4-8(9)11)3-5-10(12)13/h2-13,20,31H,14-19H2,1H3;3-6,11,16H,7-10H2,1-2H3;1-8,15H;2-6,11H,1H3,(H,12,13)/b13-5+;4-3+;;5-3+. The summed E-state index contributed by atoms with van der Waals surface area (Å²) in [6.07, 6.45) is 8.64. The van der Waals surface area contributed by atoms with Crippen LogP contribution in [0, 0.1) is 22.7 Å². The summed E-state index contributed by atoms with van der Waals surface area (Å²) in [4.78, 5) is 33.4. The van der Waals surface area contributed by atoms with Gasteiger partial charge in [0.05, 0.1) is 97.4 Å². The van der Waals surface area contributed by atoms with Gasteiger partial charge in [0.15, 0.2) is 40.3 Å². The molecule has 0 fully saturated rings. The number of allylic oxidation sites excluding steroid dienone is 1. The number of aromatic hydroxyl groups is 2. The van der Waals surface area contributed by atoms with Crippen molar-refractivity contribution < 1.29 is 82.5 Å². The molecule has 19 nitrogen and oxygen atoms in total. The van der Waals surface area contributed by atoms with E-state index in [1.807, 2.05) is 54.6 Å². The third-order valence-electron chi connectivity index (χ3n) is 11.4. The van der Waals surface area contributed by atoms with E-state index in [1.165, 1.54) is 38.3 Å². The quantitative estimate of drug-likeness (QED) is 0.0138. The molecular formula is C67H68N2O17. The summed E-state index contributed by atoms with van der Waals surface area (Å²) in [5.41, 5.74) is 7.49. The third kappa shape index (κ3) is 25.9. The first-order valence-corrected chi connectivity index (χ1v) is 26.6. The van der Waals surface area contributed by atoms with E-state index in [4.69, 9.17) is 73.6 Å². The maximum atomic E-state index is 12.3. The number of phenolic OH excluding ortho intramolecular Hbond substituents is 2. The van der Waals surface area contributed by atoms with Crippen LogP contribution < -0.4 is 28.4 Å². The number of aliphatic hydroxyl groups is 2. The van der Waals surface area contributed by atoms with Crippen molar-refractivity contribution in [3.63, 3.8) is 0 Å². The molecule has 7 rings (SSSR count). The number of carbonyl (C=O) groups is 3. The summed E-state index contributed by atoms with van der Waals surface area (Å²) < 4.78 is 47.8. The molecule has 5 N–H and O–H groups in total. The minimum absolute atomic E-state index is 0.000498. The van der Waals surface area contributed by atoms with E-state index in [0.29, 0.717) is 104 Å². The average molecular weight is 1170 g/mol. The van der Waals surface area contributed by atoms with Gasteiger partial charge in [0.25, 0.3) is 0 Å². The fraction of sp³-hybridized carbons (Fsp3) is 0.209. The van der Waals surface area contributed by atoms with E-state index < -0.39 is 11.9 Å². The van der Waals surface area contributed by atoms with Crippen LogP contribution in [0.3, 0.4) is 0 Å². The summed E-state index contributed by atoms with van der Waals surface area (Å²) in [7, 11) is 4.53. The second-order valence-electron chi connectivity index (χ2n) is 17.6. The van der Waals surface area contributed by atoms with Crippen LogP contribution in [0.25, 0.3) is 40.5 Å². The van der Waals surface area contributed by atoms with E-state index in [0.717, 1.165) is 39.5 Å². The highest BCUT2D eigenvalue weighted by Gasteiger charge is 2.09. The maximum Gasteiger partial charge on any atom is 0.336 e. The van der Waals surface area contributed by atoms with E-state index in [2.05, 4.69) is 12.1 Å². The van der Waals surface area contributed by atoms with E-state index in [1.54, 1.807) is 117 Å². The molecule has 0 unspecified atom stereocenters. The smallest absolute Gasteiger partial charge is 0.336 e. The van der Waals surface area contributed by atoms with E-state index in [-0.39, 0.29) is 30.5 Å². The lowest BCUT2D eigenvalue weighted by molar-refractivity contribution is -0.131. The lowest BCUT2D eigenvalue weighted by Crippen LogP contribution is -2.12. The van der Waals surface area contributed by atoms with Crippen LogP contribution in [0.15, 0.2) is 170 Å². The van der Waals surface area contributed by atoms with Crippen molar-refractivity contribution in [3.05, 3.63) is 198 Å². The number of nitriles is 2. The number of ether oxygens (including phenoxy) is 9. The van der Waals surface area contributed by atoms with E-state index in [9.17, 15) is 19.5 Å². The average Bonchev–Trinajstić information content (AvgIpc) is 3.58. The number of ketones is 1. The first kappa shape index (κ1) is 68.3. The molecule has 0 amide bonds. The zero-order valence-electron chi connectivity index (χ0n) is 48.0. The van der Waals surface area contributed by atoms with Crippen LogP contribution in [0.1, 0.15) is 34.7 Å². The van der Waals surface area contributed by atoms with Gasteiger partial charge in [0.2, 0.25) is 0 Å². The van der Waals surface area contributed by atoms with Crippen molar-refractivity contribution in [1.29, 1.82) is 10.5 Å². The number of phenols is 2. The number of aliphatic carboxylic acids is 1. The Labute approximate surface area is 499 Å². The molecule has 0 aliphatic heterocycles. The first-order chi connectivity index (χ1) is 41.7. The number of carboxylic acids is 1. The van der Waals surface area contributed by atoms with Gasteiger partial charge in [0, 0.05) is 12.2 Å². The number of aliphatic hydroxyl groups excluding tert-OH is 2. The molecular weight excluding hydrogens is 1100 g/mol. The molecule has 0 aliphatic rings. The molecule has 0 saturated heterocycles. The van der Waals surface area contributed by atoms with Gasteiger partial charge < -0.3 is 68.2 Å². The second kappa shape index (κ2) is 39.3. The van der Waals surface area contributed by atoms with Crippen molar-refractivity contribution in [2.24, 2.45) is 0 Å². The number of hydrogen-bond donors (Lipinski definition) is 5. The number of esters is 1. The van der Waals surface area contributed by atoms with Gasteiger partial charge in [-0.15, -0.1) is 0 Å². The number of hydrogen-bond acceptors (Lipinski definition) is 18. The third-order valence-corrected chi connectivity index (χ3v) is 11.4. The fourth-order valence-corrected chi connectivity index (χ4v) is 7.13. The Bertz CT molecular complexity index is 3370. The Morgan fingerprint density at radius 2 is 0.837 bits per heavy atom. The largest absolute Gasteiger partial charge is 0.508 e. The van der Waals surface area contributed by atoms with Crippen LogP contribution in [0.5, 0.6) is 46.0 Å². The fourth-order valence-electron chi connectivity index (χ4n) is 7.13. The molecule has 7 aromatic carbocycles. The van der Waals surface area contributed by atoms with Crippen LogP contribution in [0.4, 0.5) is 0 Å². The molecule has 0 atom stereocenters. The maximum absolute atomic E-state index is 12.3. The zero-order valence-corrected chi connectivity index (χ0v) is 48.0.